The van der Waals surface area contributed by atoms with Gasteiger partial charge in [-0.1, -0.05) is 30.3 Å². The van der Waals surface area contributed by atoms with Gasteiger partial charge in [0.15, 0.2) is 11.5 Å². The Balaban J connectivity index is 1.12. The Hall–Kier alpha value is -3.20. The lowest BCUT2D eigenvalue weighted by atomic mass is 10.0. The van der Waals surface area contributed by atoms with E-state index >= 15 is 0 Å². The number of carbonyl (C=O) groups is 1. The molecule has 2 fully saturated rings. The molecule has 9 nitrogen and oxygen atoms in total. The first-order valence-electron chi connectivity index (χ1n) is 12.0. The van der Waals surface area contributed by atoms with Crippen LogP contribution in [0.2, 0.25) is 0 Å². The summed E-state index contributed by atoms with van der Waals surface area (Å²) in [5.74, 6) is 1.78. The average Bonchev–Trinajstić information content (AvgIpc) is 3.45. The van der Waals surface area contributed by atoms with Crippen LogP contribution in [0.3, 0.4) is 0 Å². The number of fused-ring (bicyclic) bond motifs is 1. The molecule has 0 atom stereocenters. The van der Waals surface area contributed by atoms with Crippen LogP contribution in [-0.2, 0) is 11.3 Å². The maximum atomic E-state index is 11.7. The molecule has 1 amide bonds. The monoisotopic (exact) mass is 448 g/mol. The highest BCUT2D eigenvalue weighted by molar-refractivity contribution is 5.84. The highest BCUT2D eigenvalue weighted by Crippen LogP contribution is 2.23. The molecule has 33 heavy (non-hydrogen) atoms. The Morgan fingerprint density at radius 2 is 1.94 bits per heavy atom. The SMILES string of the molecule is O=C1CCCN1CCCNc1nc2ncnc(NC3CCN(Cc4ccccc4)CC3)c2[nH]1. The molecule has 2 aliphatic rings. The molecule has 3 N–H and O–H groups in total. The number of piperidine rings is 1. The van der Waals surface area contributed by atoms with Crippen molar-refractivity contribution in [1.82, 2.24) is 29.7 Å². The van der Waals surface area contributed by atoms with Crippen LogP contribution in [0.4, 0.5) is 11.8 Å². The number of carbonyl (C=O) groups excluding carboxylic acids is 1. The van der Waals surface area contributed by atoms with E-state index in [4.69, 9.17) is 0 Å². The minimum atomic E-state index is 0.274. The number of hydrogen-bond donors (Lipinski definition) is 3. The first-order chi connectivity index (χ1) is 16.2. The number of rotatable bonds is 9. The van der Waals surface area contributed by atoms with Crippen LogP contribution in [0, 0.1) is 0 Å². The number of nitrogens with zero attached hydrogens (tertiary/aromatic N) is 5. The number of aromatic amines is 1. The first-order valence-corrected chi connectivity index (χ1v) is 12.0. The summed E-state index contributed by atoms with van der Waals surface area (Å²) in [6.45, 7) is 5.57. The maximum Gasteiger partial charge on any atom is 0.222 e. The summed E-state index contributed by atoms with van der Waals surface area (Å²) in [6, 6.07) is 11.0. The number of amides is 1. The van der Waals surface area contributed by atoms with Gasteiger partial charge in [-0.05, 0) is 31.2 Å². The van der Waals surface area contributed by atoms with Gasteiger partial charge in [0, 0.05) is 51.7 Å². The van der Waals surface area contributed by atoms with Gasteiger partial charge in [-0.15, -0.1) is 0 Å². The number of nitrogens with one attached hydrogen (secondary N) is 3. The van der Waals surface area contributed by atoms with Crippen molar-refractivity contribution in [3.63, 3.8) is 0 Å². The molecule has 3 aromatic rings. The van der Waals surface area contributed by atoms with E-state index in [1.165, 1.54) is 5.56 Å². The standard InChI is InChI=1S/C24H32N8O/c33-20-8-4-12-32(20)13-5-11-25-24-29-21-22(26-17-27-23(21)30-24)28-19-9-14-31(15-10-19)16-18-6-2-1-3-7-18/h1-3,6-7,17,19H,4-5,8-16H2,(H3,25,26,27,28,29,30). The van der Waals surface area contributed by atoms with Crippen molar-refractivity contribution in [3.8, 4) is 0 Å². The predicted molar refractivity (Wildman–Crippen MR) is 129 cm³/mol. The highest BCUT2D eigenvalue weighted by Gasteiger charge is 2.21. The molecule has 174 valence electrons. The Bertz CT molecular complexity index is 1060. The molecule has 4 heterocycles. The van der Waals surface area contributed by atoms with Gasteiger partial charge in [0.2, 0.25) is 11.9 Å². The normalized spacial score (nSPS) is 17.7. The third kappa shape index (κ3) is 5.42. The molecule has 0 saturated carbocycles. The molecule has 9 heteroatoms. The minimum absolute atomic E-state index is 0.274. The molecule has 0 spiro atoms. The average molecular weight is 449 g/mol. The third-order valence-corrected chi connectivity index (χ3v) is 6.53. The van der Waals surface area contributed by atoms with Gasteiger partial charge in [-0.25, -0.2) is 9.97 Å². The van der Waals surface area contributed by atoms with Crippen molar-refractivity contribution in [3.05, 3.63) is 42.2 Å². The van der Waals surface area contributed by atoms with Crippen LogP contribution in [0.1, 0.15) is 37.7 Å². The van der Waals surface area contributed by atoms with Crippen molar-refractivity contribution in [2.75, 3.05) is 43.4 Å². The topological polar surface area (TPSA) is 102 Å². The fourth-order valence-corrected chi connectivity index (χ4v) is 4.71. The molecule has 2 saturated heterocycles. The second-order valence-corrected chi connectivity index (χ2v) is 8.95. The van der Waals surface area contributed by atoms with E-state index in [9.17, 15) is 4.79 Å². The van der Waals surface area contributed by atoms with E-state index in [1.807, 2.05) is 4.90 Å². The van der Waals surface area contributed by atoms with Crippen molar-refractivity contribution >= 4 is 28.8 Å². The summed E-state index contributed by atoms with van der Waals surface area (Å²) in [7, 11) is 0. The molecule has 0 aliphatic carbocycles. The van der Waals surface area contributed by atoms with Gasteiger partial charge in [-0.3, -0.25) is 9.69 Å². The fourth-order valence-electron chi connectivity index (χ4n) is 4.71. The molecule has 2 aliphatic heterocycles. The third-order valence-electron chi connectivity index (χ3n) is 6.53. The van der Waals surface area contributed by atoms with Crippen LogP contribution in [-0.4, -0.2) is 74.4 Å². The molecular weight excluding hydrogens is 416 g/mol. The summed E-state index contributed by atoms with van der Waals surface area (Å²) >= 11 is 0. The van der Waals surface area contributed by atoms with Gasteiger partial charge in [0.05, 0.1) is 0 Å². The van der Waals surface area contributed by atoms with Crippen molar-refractivity contribution in [2.45, 2.75) is 44.7 Å². The number of aromatic nitrogens is 4. The molecular formula is C24H32N8O. The lowest BCUT2D eigenvalue weighted by Crippen LogP contribution is -2.38. The first kappa shape index (κ1) is 21.6. The summed E-state index contributed by atoms with van der Waals surface area (Å²) in [5, 5.41) is 6.94. The van der Waals surface area contributed by atoms with Crippen LogP contribution >= 0.6 is 0 Å². The molecule has 1 aromatic carbocycles. The van der Waals surface area contributed by atoms with Crippen LogP contribution in [0.15, 0.2) is 36.7 Å². The van der Waals surface area contributed by atoms with E-state index in [1.54, 1.807) is 6.33 Å². The Kier molecular flexibility index (Phi) is 6.66. The smallest absolute Gasteiger partial charge is 0.222 e. The fraction of sp³-hybridized carbons (Fsp3) is 0.500. The zero-order valence-corrected chi connectivity index (χ0v) is 19.0. The summed E-state index contributed by atoms with van der Waals surface area (Å²) < 4.78 is 0. The van der Waals surface area contributed by atoms with Gasteiger partial charge < -0.3 is 20.5 Å². The number of benzene rings is 1. The number of imidazole rings is 1. The molecule has 2 aromatic heterocycles. The second-order valence-electron chi connectivity index (χ2n) is 8.95. The van der Waals surface area contributed by atoms with Crippen molar-refractivity contribution in [2.24, 2.45) is 0 Å². The zero-order chi connectivity index (χ0) is 22.5. The van der Waals surface area contributed by atoms with E-state index < -0.39 is 0 Å². The predicted octanol–water partition coefficient (Wildman–Crippen LogP) is 2.85. The maximum absolute atomic E-state index is 11.7. The largest absolute Gasteiger partial charge is 0.365 e. The minimum Gasteiger partial charge on any atom is -0.365 e. The molecule has 0 bridgehead atoms. The molecule has 0 radical (unpaired) electrons. The van der Waals surface area contributed by atoms with Crippen LogP contribution in [0.5, 0.6) is 0 Å². The number of anilines is 2. The summed E-state index contributed by atoms with van der Waals surface area (Å²) in [4.78, 5) is 32.9. The van der Waals surface area contributed by atoms with E-state index in [-0.39, 0.29) is 5.91 Å². The van der Waals surface area contributed by atoms with Gasteiger partial charge >= 0.3 is 0 Å². The van der Waals surface area contributed by atoms with E-state index in [2.05, 4.69) is 65.8 Å². The van der Waals surface area contributed by atoms with E-state index in [0.717, 1.165) is 76.3 Å². The zero-order valence-electron chi connectivity index (χ0n) is 19.0. The lowest BCUT2D eigenvalue weighted by Gasteiger charge is -2.32. The Morgan fingerprint density at radius 1 is 1.09 bits per heavy atom. The van der Waals surface area contributed by atoms with Gasteiger partial charge in [-0.2, -0.15) is 4.98 Å². The number of hydrogen-bond acceptors (Lipinski definition) is 7. The number of H-pyrrole nitrogens is 1. The quantitative estimate of drug-likeness (QED) is 0.433. The van der Waals surface area contributed by atoms with Crippen molar-refractivity contribution in [1.29, 1.82) is 0 Å². The van der Waals surface area contributed by atoms with Gasteiger partial charge in [0.1, 0.15) is 11.8 Å². The lowest BCUT2D eigenvalue weighted by molar-refractivity contribution is -0.127. The van der Waals surface area contributed by atoms with Gasteiger partial charge in [0.25, 0.3) is 0 Å². The Morgan fingerprint density at radius 3 is 2.73 bits per heavy atom. The van der Waals surface area contributed by atoms with Crippen molar-refractivity contribution < 1.29 is 4.79 Å². The van der Waals surface area contributed by atoms with Crippen LogP contribution in [0.25, 0.3) is 11.2 Å². The highest BCUT2D eigenvalue weighted by atomic mass is 16.2. The summed E-state index contributed by atoms with van der Waals surface area (Å²) in [6.07, 6.45) is 6.29. The molecule has 0 unspecified atom stereocenters. The summed E-state index contributed by atoms with van der Waals surface area (Å²) in [5.41, 5.74) is 2.86. The van der Waals surface area contributed by atoms with Crippen LogP contribution < -0.4 is 10.6 Å². The number of likely N-dealkylation sites (tertiary alicyclic amines) is 2. The Labute approximate surface area is 194 Å². The second kappa shape index (κ2) is 10.2. The molecule has 5 rings (SSSR count). The van der Waals surface area contributed by atoms with E-state index in [0.29, 0.717) is 24.1 Å².